The molecule has 1 amide bonds. The molecule has 1 atom stereocenters. The number of amides is 1. The fraction of sp³-hybridized carbons (Fsp3) is 0.300. The van der Waals surface area contributed by atoms with Crippen molar-refractivity contribution in [3.63, 3.8) is 0 Å². The molecule has 2 aromatic heterocycles. The number of hydrogen-bond acceptors (Lipinski definition) is 5. The van der Waals surface area contributed by atoms with Gasteiger partial charge in [0.15, 0.2) is 11.0 Å². The minimum Gasteiger partial charge on any atom is -0.325 e. The van der Waals surface area contributed by atoms with Gasteiger partial charge in [-0.15, -0.1) is 10.2 Å². The lowest BCUT2D eigenvalue weighted by molar-refractivity contribution is -0.115. The van der Waals surface area contributed by atoms with Crippen LogP contribution in [0, 0.1) is 13.8 Å². The normalized spacial score (nSPS) is 12.0. The third-order valence-electron chi connectivity index (χ3n) is 4.27. The monoisotopic (exact) mass is 381 g/mol. The maximum atomic E-state index is 12.7. The summed E-state index contributed by atoms with van der Waals surface area (Å²) in [5, 5.41) is 12.1. The maximum absolute atomic E-state index is 12.7. The zero-order valence-corrected chi connectivity index (χ0v) is 16.7. The van der Waals surface area contributed by atoms with E-state index in [0.29, 0.717) is 0 Å². The van der Waals surface area contributed by atoms with Crippen LogP contribution in [0.3, 0.4) is 0 Å². The van der Waals surface area contributed by atoms with Crippen molar-refractivity contribution in [1.29, 1.82) is 0 Å². The van der Waals surface area contributed by atoms with E-state index in [-0.39, 0.29) is 11.2 Å². The Kier molecular flexibility index (Phi) is 5.91. The lowest BCUT2D eigenvalue weighted by Crippen LogP contribution is -2.23. The van der Waals surface area contributed by atoms with E-state index in [4.69, 9.17) is 0 Å². The van der Waals surface area contributed by atoms with E-state index in [9.17, 15) is 4.79 Å². The topological polar surface area (TPSA) is 72.7 Å². The Balaban J connectivity index is 1.76. The largest absolute Gasteiger partial charge is 0.325 e. The van der Waals surface area contributed by atoms with Gasteiger partial charge in [0.2, 0.25) is 5.91 Å². The summed E-state index contributed by atoms with van der Waals surface area (Å²) in [5.74, 6) is 0.731. The van der Waals surface area contributed by atoms with E-state index in [1.54, 1.807) is 12.4 Å². The van der Waals surface area contributed by atoms with Gasteiger partial charge in [-0.2, -0.15) is 0 Å². The van der Waals surface area contributed by atoms with Gasteiger partial charge >= 0.3 is 0 Å². The SMILES string of the molecule is CCn1c(S[C@@H](C)C(=O)Nc2cc(C)ccc2C)nnc1-c1ccncc1. The predicted molar refractivity (Wildman–Crippen MR) is 109 cm³/mol. The van der Waals surface area contributed by atoms with Crippen molar-refractivity contribution in [2.24, 2.45) is 0 Å². The van der Waals surface area contributed by atoms with E-state index >= 15 is 0 Å². The molecule has 0 radical (unpaired) electrons. The molecule has 0 spiro atoms. The smallest absolute Gasteiger partial charge is 0.237 e. The average Bonchev–Trinajstić information content (AvgIpc) is 3.07. The van der Waals surface area contributed by atoms with Gasteiger partial charge in [-0.3, -0.25) is 9.78 Å². The number of aryl methyl sites for hydroxylation is 2. The van der Waals surface area contributed by atoms with Gasteiger partial charge < -0.3 is 9.88 Å². The summed E-state index contributed by atoms with van der Waals surface area (Å²) in [6.45, 7) is 8.64. The predicted octanol–water partition coefficient (Wildman–Crippen LogP) is 4.10. The molecule has 3 aromatic rings. The van der Waals surface area contributed by atoms with Gasteiger partial charge in [-0.1, -0.05) is 23.9 Å². The molecular weight excluding hydrogens is 358 g/mol. The molecule has 0 saturated heterocycles. The molecule has 0 fully saturated rings. The van der Waals surface area contributed by atoms with Crippen molar-refractivity contribution in [1.82, 2.24) is 19.7 Å². The Hall–Kier alpha value is -2.67. The molecule has 0 aliphatic rings. The van der Waals surface area contributed by atoms with Gasteiger partial charge in [0, 0.05) is 30.2 Å². The van der Waals surface area contributed by atoms with Gasteiger partial charge in [0.25, 0.3) is 0 Å². The first kappa shape index (κ1) is 19.1. The number of nitrogens with one attached hydrogen (secondary N) is 1. The summed E-state index contributed by atoms with van der Waals surface area (Å²) in [5.41, 5.74) is 3.97. The first-order chi connectivity index (χ1) is 13.0. The van der Waals surface area contributed by atoms with Gasteiger partial charge in [0.1, 0.15) is 0 Å². The van der Waals surface area contributed by atoms with Gasteiger partial charge in [0.05, 0.1) is 5.25 Å². The molecule has 140 valence electrons. The highest BCUT2D eigenvalue weighted by Crippen LogP contribution is 2.27. The molecule has 7 heteroatoms. The third-order valence-corrected chi connectivity index (χ3v) is 5.35. The molecule has 2 heterocycles. The summed E-state index contributed by atoms with van der Waals surface area (Å²) in [7, 11) is 0. The lowest BCUT2D eigenvalue weighted by atomic mass is 10.1. The van der Waals surface area contributed by atoms with Crippen LogP contribution in [0.5, 0.6) is 0 Å². The number of rotatable bonds is 6. The summed E-state index contributed by atoms with van der Waals surface area (Å²) >= 11 is 1.41. The Morgan fingerprint density at radius 3 is 2.63 bits per heavy atom. The molecule has 3 rings (SSSR count). The Bertz CT molecular complexity index is 939. The van der Waals surface area contributed by atoms with E-state index in [2.05, 4.69) is 20.5 Å². The molecule has 1 aromatic carbocycles. The number of hydrogen-bond donors (Lipinski definition) is 1. The number of anilines is 1. The van der Waals surface area contributed by atoms with Crippen molar-refractivity contribution in [3.05, 3.63) is 53.9 Å². The maximum Gasteiger partial charge on any atom is 0.237 e. The molecular formula is C20H23N5OS. The Morgan fingerprint density at radius 2 is 1.93 bits per heavy atom. The number of benzene rings is 1. The summed E-state index contributed by atoms with van der Waals surface area (Å²) in [4.78, 5) is 16.7. The molecule has 0 aliphatic carbocycles. The van der Waals surface area contributed by atoms with Crippen LogP contribution in [0.2, 0.25) is 0 Å². The van der Waals surface area contributed by atoms with Crippen molar-refractivity contribution < 1.29 is 4.79 Å². The van der Waals surface area contributed by atoms with Crippen LogP contribution in [0.4, 0.5) is 5.69 Å². The molecule has 0 bridgehead atoms. The van der Waals surface area contributed by atoms with E-state index in [1.165, 1.54) is 11.8 Å². The van der Waals surface area contributed by atoms with Crippen LogP contribution in [-0.2, 0) is 11.3 Å². The zero-order chi connectivity index (χ0) is 19.4. The highest BCUT2D eigenvalue weighted by molar-refractivity contribution is 8.00. The fourth-order valence-electron chi connectivity index (χ4n) is 2.69. The van der Waals surface area contributed by atoms with Crippen molar-refractivity contribution >= 4 is 23.4 Å². The number of nitrogens with zero attached hydrogens (tertiary/aromatic N) is 4. The van der Waals surface area contributed by atoms with E-state index in [1.807, 2.05) is 62.6 Å². The first-order valence-electron chi connectivity index (χ1n) is 8.88. The first-order valence-corrected chi connectivity index (χ1v) is 9.76. The molecule has 0 saturated carbocycles. The quantitative estimate of drug-likeness (QED) is 0.651. The number of carbonyl (C=O) groups is 1. The number of carbonyl (C=O) groups excluding carboxylic acids is 1. The fourth-order valence-corrected chi connectivity index (χ4v) is 3.60. The highest BCUT2D eigenvalue weighted by atomic mass is 32.2. The van der Waals surface area contributed by atoms with E-state index in [0.717, 1.165) is 39.9 Å². The summed E-state index contributed by atoms with van der Waals surface area (Å²) in [6, 6.07) is 9.84. The highest BCUT2D eigenvalue weighted by Gasteiger charge is 2.20. The third kappa shape index (κ3) is 4.36. The van der Waals surface area contributed by atoms with Crippen LogP contribution in [0.1, 0.15) is 25.0 Å². The zero-order valence-electron chi connectivity index (χ0n) is 15.9. The van der Waals surface area contributed by atoms with Crippen LogP contribution in [-0.4, -0.2) is 30.9 Å². The minimum atomic E-state index is -0.301. The van der Waals surface area contributed by atoms with Gasteiger partial charge in [-0.05, 0) is 57.0 Å². The summed E-state index contributed by atoms with van der Waals surface area (Å²) < 4.78 is 2.02. The second kappa shape index (κ2) is 8.35. The minimum absolute atomic E-state index is 0.0511. The number of pyridine rings is 1. The Morgan fingerprint density at radius 1 is 1.19 bits per heavy atom. The molecule has 27 heavy (non-hydrogen) atoms. The summed E-state index contributed by atoms with van der Waals surface area (Å²) in [6.07, 6.45) is 3.47. The van der Waals surface area contributed by atoms with Crippen LogP contribution >= 0.6 is 11.8 Å². The van der Waals surface area contributed by atoms with Crippen molar-refractivity contribution in [3.8, 4) is 11.4 Å². The second-order valence-corrected chi connectivity index (χ2v) is 7.66. The number of thioether (sulfide) groups is 1. The van der Waals surface area contributed by atoms with Crippen molar-refractivity contribution in [2.45, 2.75) is 44.6 Å². The van der Waals surface area contributed by atoms with Crippen LogP contribution in [0.15, 0.2) is 47.9 Å². The van der Waals surface area contributed by atoms with E-state index < -0.39 is 0 Å². The molecule has 0 unspecified atom stereocenters. The molecule has 0 aliphatic heterocycles. The van der Waals surface area contributed by atoms with Gasteiger partial charge in [-0.25, -0.2) is 0 Å². The van der Waals surface area contributed by atoms with Crippen LogP contribution in [0.25, 0.3) is 11.4 Å². The molecule has 6 nitrogen and oxygen atoms in total. The average molecular weight is 382 g/mol. The lowest BCUT2D eigenvalue weighted by Gasteiger charge is -2.14. The second-order valence-electron chi connectivity index (χ2n) is 6.35. The standard InChI is InChI=1S/C20H23N5OS/c1-5-25-18(16-8-10-21-11-9-16)23-24-20(25)27-15(4)19(26)22-17-12-13(2)6-7-14(17)3/h6-12,15H,5H2,1-4H3,(H,22,26)/t15-/m0/s1. The Labute approximate surface area is 163 Å². The number of aromatic nitrogens is 4. The van der Waals surface area contributed by atoms with Crippen LogP contribution < -0.4 is 5.32 Å². The van der Waals surface area contributed by atoms with Crippen molar-refractivity contribution in [2.75, 3.05) is 5.32 Å². The molecule has 1 N–H and O–H groups in total.